The zero-order valence-corrected chi connectivity index (χ0v) is 16.4. The van der Waals surface area contributed by atoms with Crippen molar-refractivity contribution >= 4 is 5.91 Å². The molecule has 1 heterocycles. The fourth-order valence-electron chi connectivity index (χ4n) is 3.42. The summed E-state index contributed by atoms with van der Waals surface area (Å²) in [7, 11) is 0. The van der Waals surface area contributed by atoms with E-state index in [2.05, 4.69) is 36.4 Å². The highest BCUT2D eigenvalue weighted by atomic mass is 19.1. The SMILES string of the molecule is Cc1cc(F)cc(C(=O)N[C@H]2CC[C@H](NCc3coc(C(C)(C)C)n3)C2)c1. The van der Waals surface area contributed by atoms with E-state index in [-0.39, 0.29) is 23.2 Å². The summed E-state index contributed by atoms with van der Waals surface area (Å²) >= 11 is 0. The molecule has 1 amide bonds. The van der Waals surface area contributed by atoms with Gasteiger partial charge in [0, 0.05) is 29.6 Å². The molecule has 1 aliphatic rings. The highest BCUT2D eigenvalue weighted by molar-refractivity contribution is 5.94. The monoisotopic (exact) mass is 373 g/mol. The lowest BCUT2D eigenvalue weighted by atomic mass is 9.97. The first-order chi connectivity index (χ1) is 12.7. The number of rotatable bonds is 5. The minimum absolute atomic E-state index is 0.0982. The Bertz CT molecular complexity index is 790. The third-order valence-corrected chi connectivity index (χ3v) is 4.84. The van der Waals surface area contributed by atoms with Crippen molar-refractivity contribution < 1.29 is 13.6 Å². The summed E-state index contributed by atoms with van der Waals surface area (Å²) in [6.07, 6.45) is 4.44. The van der Waals surface area contributed by atoms with Crippen LogP contribution in [-0.2, 0) is 12.0 Å². The maximum absolute atomic E-state index is 13.5. The molecule has 0 saturated heterocycles. The lowest BCUT2D eigenvalue weighted by Crippen LogP contribution is -2.35. The second-order valence-corrected chi connectivity index (χ2v) is 8.47. The van der Waals surface area contributed by atoms with Gasteiger partial charge in [-0.05, 0) is 49.9 Å². The van der Waals surface area contributed by atoms with Crippen LogP contribution in [0.2, 0.25) is 0 Å². The van der Waals surface area contributed by atoms with Gasteiger partial charge in [0.2, 0.25) is 0 Å². The average Bonchev–Trinajstić information content (AvgIpc) is 3.20. The molecule has 0 aliphatic heterocycles. The Kier molecular flexibility index (Phi) is 5.65. The summed E-state index contributed by atoms with van der Waals surface area (Å²) in [6.45, 7) is 8.64. The Balaban J connectivity index is 1.48. The summed E-state index contributed by atoms with van der Waals surface area (Å²) < 4.78 is 19.0. The van der Waals surface area contributed by atoms with E-state index >= 15 is 0 Å². The van der Waals surface area contributed by atoms with Gasteiger partial charge in [-0.3, -0.25) is 4.79 Å². The Labute approximate surface area is 159 Å². The summed E-state index contributed by atoms with van der Waals surface area (Å²) in [5.41, 5.74) is 1.91. The number of nitrogens with one attached hydrogen (secondary N) is 2. The van der Waals surface area contributed by atoms with Crippen LogP contribution >= 0.6 is 0 Å². The first kappa shape index (κ1) is 19.5. The minimum atomic E-state index is -0.381. The molecule has 0 unspecified atom stereocenters. The minimum Gasteiger partial charge on any atom is -0.448 e. The number of aromatic nitrogens is 1. The van der Waals surface area contributed by atoms with Crippen molar-refractivity contribution in [1.29, 1.82) is 0 Å². The third-order valence-electron chi connectivity index (χ3n) is 4.84. The molecule has 146 valence electrons. The van der Waals surface area contributed by atoms with Crippen LogP contribution in [0.5, 0.6) is 0 Å². The van der Waals surface area contributed by atoms with Gasteiger partial charge in [-0.1, -0.05) is 20.8 Å². The van der Waals surface area contributed by atoms with Gasteiger partial charge in [-0.2, -0.15) is 0 Å². The maximum atomic E-state index is 13.5. The normalized spacial score (nSPS) is 20.0. The smallest absolute Gasteiger partial charge is 0.251 e. The molecule has 2 N–H and O–H groups in total. The van der Waals surface area contributed by atoms with Crippen LogP contribution in [0.25, 0.3) is 0 Å². The number of benzene rings is 1. The number of hydrogen-bond acceptors (Lipinski definition) is 4. The first-order valence-corrected chi connectivity index (χ1v) is 9.47. The molecule has 2 aromatic rings. The van der Waals surface area contributed by atoms with Gasteiger partial charge in [-0.15, -0.1) is 0 Å². The summed E-state index contributed by atoms with van der Waals surface area (Å²) in [5.74, 6) is 0.143. The van der Waals surface area contributed by atoms with Gasteiger partial charge in [0.15, 0.2) is 5.89 Å². The van der Waals surface area contributed by atoms with Crippen molar-refractivity contribution in [2.24, 2.45) is 0 Å². The summed E-state index contributed by atoms with van der Waals surface area (Å²) in [5, 5.41) is 6.51. The number of hydrogen-bond donors (Lipinski definition) is 2. The van der Waals surface area contributed by atoms with Crippen LogP contribution in [0.15, 0.2) is 28.9 Å². The van der Waals surface area contributed by atoms with Gasteiger partial charge < -0.3 is 15.1 Å². The second kappa shape index (κ2) is 7.80. The summed E-state index contributed by atoms with van der Waals surface area (Å²) in [4.78, 5) is 16.9. The van der Waals surface area contributed by atoms with E-state index < -0.39 is 0 Å². The standard InChI is InChI=1S/C21H28FN3O2/c1-13-7-14(9-15(22)8-13)19(26)24-17-6-5-16(10-17)23-11-18-12-27-20(25-18)21(2,3)4/h7-9,12,16-17,23H,5-6,10-11H2,1-4H3,(H,24,26)/t16-,17-/m0/s1. The molecular weight excluding hydrogens is 345 g/mol. The lowest BCUT2D eigenvalue weighted by Gasteiger charge is -2.15. The van der Waals surface area contributed by atoms with E-state index in [0.29, 0.717) is 18.2 Å². The molecular formula is C21H28FN3O2. The Morgan fingerprint density at radius 1 is 1.26 bits per heavy atom. The lowest BCUT2D eigenvalue weighted by molar-refractivity contribution is 0.0937. The molecule has 0 spiro atoms. The Morgan fingerprint density at radius 2 is 2.00 bits per heavy atom. The van der Waals surface area contributed by atoms with Gasteiger partial charge >= 0.3 is 0 Å². The van der Waals surface area contributed by atoms with E-state index in [9.17, 15) is 9.18 Å². The zero-order valence-electron chi connectivity index (χ0n) is 16.4. The van der Waals surface area contributed by atoms with Crippen LogP contribution in [0.1, 0.15) is 67.5 Å². The number of halogens is 1. The van der Waals surface area contributed by atoms with E-state index in [1.807, 2.05) is 0 Å². The molecule has 1 fully saturated rings. The number of oxazole rings is 1. The van der Waals surface area contributed by atoms with Crippen LogP contribution in [0.3, 0.4) is 0 Å². The van der Waals surface area contributed by atoms with Crippen molar-refractivity contribution in [2.75, 3.05) is 0 Å². The molecule has 27 heavy (non-hydrogen) atoms. The fourth-order valence-corrected chi connectivity index (χ4v) is 3.42. The molecule has 2 atom stereocenters. The number of nitrogens with zero attached hydrogens (tertiary/aromatic N) is 1. The Hall–Kier alpha value is -2.21. The predicted molar refractivity (Wildman–Crippen MR) is 102 cm³/mol. The largest absolute Gasteiger partial charge is 0.448 e. The van der Waals surface area contributed by atoms with Gasteiger partial charge in [0.1, 0.15) is 12.1 Å². The van der Waals surface area contributed by atoms with Crippen LogP contribution in [0, 0.1) is 12.7 Å². The predicted octanol–water partition coefficient (Wildman–Crippen LogP) is 3.86. The highest BCUT2D eigenvalue weighted by Crippen LogP contribution is 2.23. The molecule has 1 aromatic heterocycles. The molecule has 1 saturated carbocycles. The molecule has 5 nitrogen and oxygen atoms in total. The van der Waals surface area contributed by atoms with E-state index in [4.69, 9.17) is 4.42 Å². The van der Waals surface area contributed by atoms with E-state index in [1.54, 1.807) is 19.3 Å². The number of aryl methyl sites for hydroxylation is 1. The van der Waals surface area contributed by atoms with E-state index in [0.717, 1.165) is 36.4 Å². The van der Waals surface area contributed by atoms with Crippen molar-refractivity contribution in [1.82, 2.24) is 15.6 Å². The molecule has 0 radical (unpaired) electrons. The van der Waals surface area contributed by atoms with E-state index in [1.165, 1.54) is 12.1 Å². The highest BCUT2D eigenvalue weighted by Gasteiger charge is 2.26. The molecule has 0 bridgehead atoms. The van der Waals surface area contributed by atoms with Gasteiger partial charge in [-0.25, -0.2) is 9.37 Å². The maximum Gasteiger partial charge on any atom is 0.251 e. The number of carbonyl (C=O) groups is 1. The third kappa shape index (κ3) is 5.16. The van der Waals surface area contributed by atoms with Crippen LogP contribution in [0.4, 0.5) is 4.39 Å². The van der Waals surface area contributed by atoms with Gasteiger partial charge in [0.25, 0.3) is 5.91 Å². The Morgan fingerprint density at radius 3 is 2.67 bits per heavy atom. The average molecular weight is 373 g/mol. The number of carbonyl (C=O) groups excluding carboxylic acids is 1. The van der Waals surface area contributed by atoms with Crippen molar-refractivity contribution in [3.63, 3.8) is 0 Å². The molecule has 3 rings (SSSR count). The molecule has 6 heteroatoms. The van der Waals surface area contributed by atoms with Crippen LogP contribution in [-0.4, -0.2) is 23.0 Å². The van der Waals surface area contributed by atoms with Crippen molar-refractivity contribution in [2.45, 2.75) is 71.0 Å². The van der Waals surface area contributed by atoms with Crippen molar-refractivity contribution in [3.05, 3.63) is 53.0 Å². The fraction of sp³-hybridized carbons (Fsp3) is 0.524. The summed E-state index contributed by atoms with van der Waals surface area (Å²) in [6, 6.07) is 4.83. The topological polar surface area (TPSA) is 67.2 Å². The molecule has 1 aliphatic carbocycles. The quantitative estimate of drug-likeness (QED) is 0.835. The first-order valence-electron chi connectivity index (χ1n) is 9.47. The molecule has 1 aromatic carbocycles. The zero-order chi connectivity index (χ0) is 19.6. The second-order valence-electron chi connectivity index (χ2n) is 8.47. The number of amides is 1. The van der Waals surface area contributed by atoms with Gasteiger partial charge in [0.05, 0.1) is 5.69 Å². The van der Waals surface area contributed by atoms with Crippen LogP contribution < -0.4 is 10.6 Å². The van der Waals surface area contributed by atoms with Crippen molar-refractivity contribution in [3.8, 4) is 0 Å².